The van der Waals surface area contributed by atoms with E-state index in [0.717, 1.165) is 5.56 Å². The molecule has 5 atom stereocenters. The van der Waals surface area contributed by atoms with Gasteiger partial charge in [-0.1, -0.05) is 55.5 Å². The smallest absolute Gasteiger partial charge is 0.338 e. The average molecular weight is 503 g/mol. The van der Waals surface area contributed by atoms with Crippen molar-refractivity contribution in [3.8, 4) is 0 Å². The van der Waals surface area contributed by atoms with E-state index >= 15 is 0 Å². The van der Waals surface area contributed by atoms with Crippen LogP contribution in [0.25, 0.3) is 0 Å². The summed E-state index contributed by atoms with van der Waals surface area (Å²) in [6.07, 6.45) is -3.54. The predicted octanol–water partition coefficient (Wildman–Crippen LogP) is 3.77. The zero-order valence-electron chi connectivity index (χ0n) is 20.0. The van der Waals surface area contributed by atoms with Crippen molar-refractivity contribution in [3.63, 3.8) is 0 Å². The van der Waals surface area contributed by atoms with Crippen LogP contribution in [0.5, 0.6) is 0 Å². The van der Waals surface area contributed by atoms with Crippen LogP contribution in [0.3, 0.4) is 0 Å². The Bertz CT molecular complexity index is 968. The molecule has 0 amide bonds. The second-order valence-electron chi connectivity index (χ2n) is 7.87. The number of hydrogen-bond acceptors (Lipinski definition) is 9. The first kappa shape index (κ1) is 26.7. The third-order valence-corrected chi connectivity index (χ3v) is 6.25. The van der Waals surface area contributed by atoms with Gasteiger partial charge >= 0.3 is 17.9 Å². The van der Waals surface area contributed by atoms with Gasteiger partial charge in [-0.3, -0.25) is 9.59 Å². The summed E-state index contributed by atoms with van der Waals surface area (Å²) in [7, 11) is 0. The summed E-state index contributed by atoms with van der Waals surface area (Å²) in [6, 6.07) is 18.1. The normalized spacial score (nSPS) is 23.8. The Morgan fingerprint density at radius 3 is 2.11 bits per heavy atom. The first-order valence-corrected chi connectivity index (χ1v) is 12.4. The highest BCUT2D eigenvalue weighted by atomic mass is 32.2. The topological polar surface area (TPSA) is 97.4 Å². The maximum Gasteiger partial charge on any atom is 0.338 e. The molecule has 0 saturated carbocycles. The maximum absolute atomic E-state index is 13.0. The molecule has 0 N–H and O–H groups in total. The standard InChI is InChI=1S/C26H30O8S/c1-4-35-26-24(34-25(29)20-13-9-6-10-14-20)23(31-15-19-11-7-5-8-12-19)22(32-18(3)28)21(33-26)16-30-17(2)27/h5-14,21-24,26H,4,15-16H2,1-3H3/t21-,22+,23-,24+,26?/m0/s1. The Balaban J connectivity index is 1.94. The van der Waals surface area contributed by atoms with Gasteiger partial charge in [-0.2, -0.15) is 0 Å². The van der Waals surface area contributed by atoms with Crippen LogP contribution in [0, 0.1) is 0 Å². The van der Waals surface area contributed by atoms with E-state index in [9.17, 15) is 14.4 Å². The molecule has 9 heteroatoms. The number of hydrogen-bond donors (Lipinski definition) is 0. The summed E-state index contributed by atoms with van der Waals surface area (Å²) < 4.78 is 29.1. The molecule has 0 aromatic heterocycles. The highest BCUT2D eigenvalue weighted by molar-refractivity contribution is 7.99. The molecular formula is C26H30O8S. The van der Waals surface area contributed by atoms with Gasteiger partial charge < -0.3 is 23.7 Å². The molecule has 8 nitrogen and oxygen atoms in total. The highest BCUT2D eigenvalue weighted by Gasteiger charge is 2.51. The number of thioether (sulfide) groups is 1. The summed E-state index contributed by atoms with van der Waals surface area (Å²) in [5.41, 5.74) is 0.631. The maximum atomic E-state index is 13.0. The van der Waals surface area contributed by atoms with E-state index in [4.69, 9.17) is 23.7 Å². The van der Waals surface area contributed by atoms with Crippen LogP contribution in [-0.4, -0.2) is 60.1 Å². The molecule has 188 valence electrons. The van der Waals surface area contributed by atoms with Crippen LogP contribution in [0.4, 0.5) is 0 Å². The summed E-state index contributed by atoms with van der Waals surface area (Å²) in [5, 5.41) is 0. The molecule has 35 heavy (non-hydrogen) atoms. The number of ether oxygens (including phenoxy) is 5. The van der Waals surface area contributed by atoms with E-state index in [0.29, 0.717) is 11.3 Å². The fourth-order valence-corrected chi connectivity index (χ4v) is 4.64. The van der Waals surface area contributed by atoms with Gasteiger partial charge in [0.25, 0.3) is 0 Å². The van der Waals surface area contributed by atoms with Gasteiger partial charge in [0.1, 0.15) is 24.3 Å². The molecule has 2 aromatic carbocycles. The van der Waals surface area contributed by atoms with E-state index in [1.165, 1.54) is 25.6 Å². The number of carbonyl (C=O) groups is 3. The Morgan fingerprint density at radius 2 is 1.51 bits per heavy atom. The highest BCUT2D eigenvalue weighted by Crippen LogP contribution is 2.35. The third-order valence-electron chi connectivity index (χ3n) is 5.21. The first-order valence-electron chi connectivity index (χ1n) is 11.4. The lowest BCUT2D eigenvalue weighted by atomic mass is 9.99. The van der Waals surface area contributed by atoms with Gasteiger partial charge in [-0.05, 0) is 23.4 Å². The Hall–Kier alpha value is -2.88. The predicted molar refractivity (Wildman–Crippen MR) is 130 cm³/mol. The lowest BCUT2D eigenvalue weighted by Gasteiger charge is -2.44. The van der Waals surface area contributed by atoms with Gasteiger partial charge in [0, 0.05) is 13.8 Å². The Morgan fingerprint density at radius 1 is 0.857 bits per heavy atom. The molecule has 3 rings (SSSR count). The molecule has 2 aromatic rings. The second-order valence-corrected chi connectivity index (χ2v) is 9.25. The van der Waals surface area contributed by atoms with Gasteiger partial charge in [-0.15, -0.1) is 11.8 Å². The minimum absolute atomic E-state index is 0.140. The molecule has 1 aliphatic heterocycles. The summed E-state index contributed by atoms with van der Waals surface area (Å²) >= 11 is 1.42. The lowest BCUT2D eigenvalue weighted by molar-refractivity contribution is -0.235. The molecular weight excluding hydrogens is 472 g/mol. The fourth-order valence-electron chi connectivity index (χ4n) is 3.69. The molecule has 0 radical (unpaired) electrons. The molecule has 1 saturated heterocycles. The van der Waals surface area contributed by atoms with Crippen molar-refractivity contribution in [2.24, 2.45) is 0 Å². The van der Waals surface area contributed by atoms with E-state index in [1.54, 1.807) is 30.3 Å². The second kappa shape index (κ2) is 13.3. The number of esters is 3. The lowest BCUT2D eigenvalue weighted by Crippen LogP contribution is -2.61. The summed E-state index contributed by atoms with van der Waals surface area (Å²) in [4.78, 5) is 36.5. The zero-order chi connectivity index (χ0) is 25.2. The van der Waals surface area contributed by atoms with E-state index in [-0.39, 0.29) is 13.2 Å². The third kappa shape index (κ3) is 7.81. The quantitative estimate of drug-likeness (QED) is 0.355. The van der Waals surface area contributed by atoms with Crippen molar-refractivity contribution in [1.82, 2.24) is 0 Å². The average Bonchev–Trinajstić information content (AvgIpc) is 2.85. The fraction of sp³-hybridized carbons (Fsp3) is 0.423. The molecule has 1 aliphatic rings. The molecule has 0 aliphatic carbocycles. The van der Waals surface area contributed by atoms with Crippen molar-refractivity contribution in [2.45, 2.75) is 57.2 Å². The minimum atomic E-state index is -0.974. The summed E-state index contributed by atoms with van der Waals surface area (Å²) in [6.45, 7) is 4.55. The Labute approximate surface area is 209 Å². The Kier molecular flexibility index (Phi) is 10.1. The van der Waals surface area contributed by atoms with Crippen LogP contribution in [0.1, 0.15) is 36.7 Å². The number of rotatable bonds is 10. The van der Waals surface area contributed by atoms with Crippen LogP contribution in [0.15, 0.2) is 60.7 Å². The van der Waals surface area contributed by atoms with Crippen LogP contribution in [0.2, 0.25) is 0 Å². The minimum Gasteiger partial charge on any atom is -0.463 e. The molecule has 0 spiro atoms. The van der Waals surface area contributed by atoms with Crippen molar-refractivity contribution < 1.29 is 38.1 Å². The van der Waals surface area contributed by atoms with Crippen molar-refractivity contribution in [1.29, 1.82) is 0 Å². The van der Waals surface area contributed by atoms with Gasteiger partial charge in [0.15, 0.2) is 12.2 Å². The number of carbonyl (C=O) groups excluding carboxylic acids is 3. The van der Waals surface area contributed by atoms with Gasteiger partial charge in [0.05, 0.1) is 12.2 Å². The SMILES string of the molecule is CCSC1O[C@@H](COC(C)=O)[C@@H](OC(C)=O)[C@H](OCc2ccccc2)[C@H]1OC(=O)c1ccccc1. The van der Waals surface area contributed by atoms with E-state index in [2.05, 4.69) is 0 Å². The molecule has 0 bridgehead atoms. The van der Waals surface area contributed by atoms with Crippen molar-refractivity contribution >= 4 is 29.7 Å². The summed E-state index contributed by atoms with van der Waals surface area (Å²) in [5.74, 6) is -0.938. The first-order chi connectivity index (χ1) is 16.9. The molecule has 1 fully saturated rings. The molecule has 1 heterocycles. The van der Waals surface area contributed by atoms with Gasteiger partial charge in [0.2, 0.25) is 0 Å². The largest absolute Gasteiger partial charge is 0.463 e. The van der Waals surface area contributed by atoms with Crippen LogP contribution in [-0.2, 0) is 39.9 Å². The van der Waals surface area contributed by atoms with Gasteiger partial charge in [-0.25, -0.2) is 4.79 Å². The van der Waals surface area contributed by atoms with Crippen LogP contribution >= 0.6 is 11.8 Å². The monoisotopic (exact) mass is 502 g/mol. The van der Waals surface area contributed by atoms with Crippen LogP contribution < -0.4 is 0 Å². The zero-order valence-corrected chi connectivity index (χ0v) is 20.8. The van der Waals surface area contributed by atoms with E-state index < -0.39 is 47.8 Å². The molecule has 1 unspecified atom stereocenters. The van der Waals surface area contributed by atoms with E-state index in [1.807, 2.05) is 37.3 Å². The number of benzene rings is 2. The van der Waals surface area contributed by atoms with Crippen molar-refractivity contribution in [3.05, 3.63) is 71.8 Å². The van der Waals surface area contributed by atoms with Crippen molar-refractivity contribution in [2.75, 3.05) is 12.4 Å².